The Bertz CT molecular complexity index is 645. The average Bonchev–Trinajstić information content (AvgIpc) is 2.94. The zero-order valence-corrected chi connectivity index (χ0v) is 12.8. The number of aliphatic hydroxyl groups excluding tert-OH is 1. The van der Waals surface area contributed by atoms with Crippen LogP contribution in [0, 0.1) is 6.92 Å². The fourth-order valence-electron chi connectivity index (χ4n) is 2.52. The molecule has 3 rings (SSSR count). The van der Waals surface area contributed by atoms with E-state index in [4.69, 9.17) is 0 Å². The number of amides is 1. The smallest absolute Gasteiger partial charge is 0.253 e. The summed E-state index contributed by atoms with van der Waals surface area (Å²) in [6.07, 6.45) is 1.06. The molecule has 1 aromatic heterocycles. The summed E-state index contributed by atoms with van der Waals surface area (Å²) in [5, 5.41) is 12.5. The highest BCUT2D eigenvalue weighted by atomic mass is 32.1. The minimum absolute atomic E-state index is 0.0389. The summed E-state index contributed by atoms with van der Waals surface area (Å²) in [7, 11) is 0. The maximum Gasteiger partial charge on any atom is 0.253 e. The predicted octanol–water partition coefficient (Wildman–Crippen LogP) is 2.72. The average molecular weight is 302 g/mol. The molecule has 2 aromatic rings. The van der Waals surface area contributed by atoms with Crippen LogP contribution < -0.4 is 0 Å². The van der Waals surface area contributed by atoms with E-state index in [1.807, 2.05) is 41.5 Å². The Balaban J connectivity index is 1.81. The second-order valence-electron chi connectivity index (χ2n) is 5.40. The fourth-order valence-corrected chi connectivity index (χ4v) is 3.32. The molecule has 2 heterocycles. The summed E-state index contributed by atoms with van der Waals surface area (Å²) in [6, 6.07) is 7.63. The number of aliphatic hydroxyl groups is 1. The van der Waals surface area contributed by atoms with E-state index in [1.54, 1.807) is 11.3 Å². The first kappa shape index (κ1) is 14.2. The first-order valence-corrected chi connectivity index (χ1v) is 8.01. The maximum atomic E-state index is 12.5. The molecule has 5 heteroatoms. The van der Waals surface area contributed by atoms with E-state index in [9.17, 15) is 9.90 Å². The highest BCUT2D eigenvalue weighted by molar-refractivity contribution is 7.13. The van der Waals surface area contributed by atoms with Crippen LogP contribution in [0.15, 0.2) is 29.6 Å². The number of thiazole rings is 1. The number of benzene rings is 1. The third-order valence-corrected chi connectivity index (χ3v) is 4.74. The van der Waals surface area contributed by atoms with Gasteiger partial charge in [-0.15, -0.1) is 11.3 Å². The largest absolute Gasteiger partial charge is 0.393 e. The van der Waals surface area contributed by atoms with Crippen molar-refractivity contribution >= 4 is 17.2 Å². The van der Waals surface area contributed by atoms with Crippen LogP contribution in [-0.4, -0.2) is 40.1 Å². The number of hydrogen-bond acceptors (Lipinski definition) is 4. The summed E-state index contributed by atoms with van der Waals surface area (Å²) in [5.74, 6) is 0.0389. The Morgan fingerprint density at radius 2 is 2.14 bits per heavy atom. The molecule has 0 saturated carbocycles. The molecule has 110 valence electrons. The Labute approximate surface area is 128 Å². The van der Waals surface area contributed by atoms with Crippen LogP contribution in [0.4, 0.5) is 0 Å². The van der Waals surface area contributed by atoms with Gasteiger partial charge in [0.25, 0.3) is 5.91 Å². The highest BCUT2D eigenvalue weighted by Crippen LogP contribution is 2.25. The van der Waals surface area contributed by atoms with Crippen LogP contribution in [0.2, 0.25) is 0 Å². The van der Waals surface area contributed by atoms with E-state index in [0.717, 1.165) is 16.3 Å². The summed E-state index contributed by atoms with van der Waals surface area (Å²) in [5.41, 5.74) is 2.67. The van der Waals surface area contributed by atoms with Crippen molar-refractivity contribution in [1.82, 2.24) is 9.88 Å². The van der Waals surface area contributed by atoms with Crippen molar-refractivity contribution in [2.45, 2.75) is 25.9 Å². The lowest BCUT2D eigenvalue weighted by atomic mass is 10.1. The van der Waals surface area contributed by atoms with Crippen LogP contribution in [0.1, 0.15) is 28.9 Å². The maximum absolute atomic E-state index is 12.5. The standard InChI is InChI=1S/C16H18N2O2S/c1-11-10-21-15(17-11)12-3-2-4-13(9-12)16(20)18-7-5-14(19)6-8-18/h2-4,9-10,14,19H,5-8H2,1H3. The van der Waals surface area contributed by atoms with Gasteiger partial charge in [-0.2, -0.15) is 0 Å². The Hall–Kier alpha value is -1.72. The molecule has 21 heavy (non-hydrogen) atoms. The molecular weight excluding hydrogens is 284 g/mol. The van der Waals surface area contributed by atoms with E-state index in [2.05, 4.69) is 4.98 Å². The lowest BCUT2D eigenvalue weighted by Crippen LogP contribution is -2.40. The van der Waals surface area contributed by atoms with E-state index in [-0.39, 0.29) is 12.0 Å². The quantitative estimate of drug-likeness (QED) is 0.928. The van der Waals surface area contributed by atoms with Gasteiger partial charge in [-0.3, -0.25) is 4.79 Å². The minimum atomic E-state index is -0.265. The minimum Gasteiger partial charge on any atom is -0.393 e. The van der Waals surface area contributed by atoms with Crippen molar-refractivity contribution in [2.24, 2.45) is 0 Å². The molecule has 0 bridgehead atoms. The first-order valence-electron chi connectivity index (χ1n) is 7.13. The number of carbonyl (C=O) groups excluding carboxylic acids is 1. The Morgan fingerprint density at radius 3 is 2.81 bits per heavy atom. The van der Waals surface area contributed by atoms with Crippen molar-refractivity contribution in [1.29, 1.82) is 0 Å². The summed E-state index contributed by atoms with van der Waals surface area (Å²) in [4.78, 5) is 18.8. The molecule has 0 unspecified atom stereocenters. The SMILES string of the molecule is Cc1csc(-c2cccc(C(=O)N3CCC(O)CC3)c2)n1. The molecule has 1 fully saturated rings. The molecule has 1 aromatic carbocycles. The van der Waals surface area contributed by atoms with Gasteiger partial charge in [0, 0.05) is 35.3 Å². The Kier molecular flexibility index (Phi) is 4.03. The molecule has 1 aliphatic rings. The molecule has 1 saturated heterocycles. The molecule has 0 atom stereocenters. The molecular formula is C16H18N2O2S. The van der Waals surface area contributed by atoms with E-state index >= 15 is 0 Å². The van der Waals surface area contributed by atoms with Crippen LogP contribution in [0.25, 0.3) is 10.6 Å². The highest BCUT2D eigenvalue weighted by Gasteiger charge is 2.22. The van der Waals surface area contributed by atoms with Gasteiger partial charge in [0.15, 0.2) is 0 Å². The molecule has 0 aliphatic carbocycles. The van der Waals surface area contributed by atoms with Crippen molar-refractivity contribution in [3.63, 3.8) is 0 Å². The number of piperidine rings is 1. The number of likely N-dealkylation sites (tertiary alicyclic amines) is 1. The zero-order valence-electron chi connectivity index (χ0n) is 12.0. The molecule has 0 radical (unpaired) electrons. The number of aromatic nitrogens is 1. The van der Waals surface area contributed by atoms with Crippen LogP contribution in [0.3, 0.4) is 0 Å². The number of aryl methyl sites for hydroxylation is 1. The van der Waals surface area contributed by atoms with Crippen molar-refractivity contribution in [2.75, 3.05) is 13.1 Å². The second kappa shape index (κ2) is 5.95. The van der Waals surface area contributed by atoms with Gasteiger partial charge in [-0.25, -0.2) is 4.98 Å². The van der Waals surface area contributed by atoms with Crippen molar-refractivity contribution < 1.29 is 9.90 Å². The third kappa shape index (κ3) is 3.14. The van der Waals surface area contributed by atoms with Gasteiger partial charge >= 0.3 is 0 Å². The fraction of sp³-hybridized carbons (Fsp3) is 0.375. The lowest BCUT2D eigenvalue weighted by molar-refractivity contribution is 0.0546. The first-order chi connectivity index (χ1) is 10.1. The molecule has 1 N–H and O–H groups in total. The van der Waals surface area contributed by atoms with E-state index in [1.165, 1.54) is 0 Å². The molecule has 4 nitrogen and oxygen atoms in total. The lowest BCUT2D eigenvalue weighted by Gasteiger charge is -2.29. The molecule has 1 amide bonds. The van der Waals surface area contributed by atoms with Gasteiger partial charge in [0.1, 0.15) is 5.01 Å². The predicted molar refractivity (Wildman–Crippen MR) is 83.4 cm³/mol. The van der Waals surface area contributed by atoms with Gasteiger partial charge in [-0.1, -0.05) is 12.1 Å². The second-order valence-corrected chi connectivity index (χ2v) is 6.26. The zero-order chi connectivity index (χ0) is 14.8. The summed E-state index contributed by atoms with van der Waals surface area (Å²) >= 11 is 1.59. The normalized spacial score (nSPS) is 16.2. The number of rotatable bonds is 2. The van der Waals surface area contributed by atoms with Crippen LogP contribution in [-0.2, 0) is 0 Å². The molecule has 0 spiro atoms. The molecule has 1 aliphatic heterocycles. The van der Waals surface area contributed by atoms with Gasteiger partial charge in [0.2, 0.25) is 0 Å². The van der Waals surface area contributed by atoms with Gasteiger partial charge in [0.05, 0.1) is 6.10 Å². The topological polar surface area (TPSA) is 53.4 Å². The van der Waals surface area contributed by atoms with Gasteiger partial charge in [-0.05, 0) is 31.9 Å². The van der Waals surface area contributed by atoms with E-state index < -0.39 is 0 Å². The number of nitrogens with zero attached hydrogens (tertiary/aromatic N) is 2. The van der Waals surface area contributed by atoms with Crippen molar-refractivity contribution in [3.8, 4) is 10.6 Å². The van der Waals surface area contributed by atoms with Crippen molar-refractivity contribution in [3.05, 3.63) is 40.9 Å². The number of hydrogen-bond donors (Lipinski definition) is 1. The summed E-state index contributed by atoms with van der Waals surface area (Å²) < 4.78 is 0. The Morgan fingerprint density at radius 1 is 1.38 bits per heavy atom. The number of carbonyl (C=O) groups is 1. The van der Waals surface area contributed by atoms with Crippen LogP contribution >= 0.6 is 11.3 Å². The monoisotopic (exact) mass is 302 g/mol. The van der Waals surface area contributed by atoms with Gasteiger partial charge < -0.3 is 10.0 Å². The van der Waals surface area contributed by atoms with E-state index in [0.29, 0.717) is 31.5 Å². The summed E-state index contributed by atoms with van der Waals surface area (Å²) in [6.45, 7) is 3.22. The van der Waals surface area contributed by atoms with Crippen LogP contribution in [0.5, 0.6) is 0 Å². The third-order valence-electron chi connectivity index (χ3n) is 3.73.